The Morgan fingerprint density at radius 2 is 1.96 bits per heavy atom. The van der Waals surface area contributed by atoms with Crippen molar-refractivity contribution >= 4 is 38.7 Å². The molecule has 1 atom stereocenters. The van der Waals surface area contributed by atoms with Crippen molar-refractivity contribution in [3.8, 4) is 10.4 Å². The van der Waals surface area contributed by atoms with Crippen LogP contribution in [0.3, 0.4) is 0 Å². The lowest BCUT2D eigenvalue weighted by Crippen LogP contribution is -2.12. The smallest absolute Gasteiger partial charge is 0.138 e. The highest BCUT2D eigenvalue weighted by Crippen LogP contribution is 2.36. The van der Waals surface area contributed by atoms with Crippen molar-refractivity contribution in [2.45, 2.75) is 12.5 Å². The van der Waals surface area contributed by atoms with Gasteiger partial charge in [0.05, 0.1) is 11.4 Å². The second kappa shape index (κ2) is 7.31. The SMILES string of the molecule is OCCC(Nc1ncnc2sc(-c3ccccc3)cc12)c1cccs1. The Morgan fingerprint density at radius 3 is 2.72 bits per heavy atom. The first-order chi connectivity index (χ1) is 12.3. The minimum Gasteiger partial charge on any atom is -0.396 e. The van der Waals surface area contributed by atoms with E-state index in [1.807, 2.05) is 24.3 Å². The van der Waals surface area contributed by atoms with Crippen LogP contribution in [0.5, 0.6) is 0 Å². The van der Waals surface area contributed by atoms with Crippen molar-refractivity contribution in [1.82, 2.24) is 9.97 Å². The van der Waals surface area contributed by atoms with Crippen LogP contribution in [0.15, 0.2) is 60.2 Å². The summed E-state index contributed by atoms with van der Waals surface area (Å²) in [5.41, 5.74) is 1.18. The molecular formula is C19H17N3OS2. The van der Waals surface area contributed by atoms with E-state index in [9.17, 15) is 5.11 Å². The highest BCUT2D eigenvalue weighted by molar-refractivity contribution is 7.21. The molecule has 0 spiro atoms. The molecule has 0 aliphatic rings. The van der Waals surface area contributed by atoms with Gasteiger partial charge in [-0.25, -0.2) is 9.97 Å². The number of hydrogen-bond donors (Lipinski definition) is 2. The van der Waals surface area contributed by atoms with Crippen molar-refractivity contribution in [2.75, 3.05) is 11.9 Å². The van der Waals surface area contributed by atoms with Crippen LogP contribution in [0.1, 0.15) is 17.3 Å². The molecule has 0 fully saturated rings. The number of anilines is 1. The predicted octanol–water partition coefficient (Wildman–Crippen LogP) is 4.96. The molecule has 4 rings (SSSR count). The van der Waals surface area contributed by atoms with Gasteiger partial charge in [-0.15, -0.1) is 22.7 Å². The van der Waals surface area contributed by atoms with Gasteiger partial charge in [-0.3, -0.25) is 0 Å². The van der Waals surface area contributed by atoms with E-state index < -0.39 is 0 Å². The lowest BCUT2D eigenvalue weighted by molar-refractivity contribution is 0.280. The van der Waals surface area contributed by atoms with E-state index in [1.54, 1.807) is 29.0 Å². The number of benzene rings is 1. The molecule has 0 saturated heterocycles. The van der Waals surface area contributed by atoms with Crippen LogP contribution in [-0.2, 0) is 0 Å². The molecule has 4 nitrogen and oxygen atoms in total. The average molecular weight is 367 g/mol. The maximum absolute atomic E-state index is 9.41. The van der Waals surface area contributed by atoms with Gasteiger partial charge in [0.2, 0.25) is 0 Å². The first kappa shape index (κ1) is 16.2. The Bertz CT molecular complexity index is 951. The second-order valence-corrected chi connectivity index (χ2v) is 7.65. The number of thiophene rings is 2. The van der Waals surface area contributed by atoms with Crippen LogP contribution in [0.25, 0.3) is 20.7 Å². The quantitative estimate of drug-likeness (QED) is 0.506. The molecule has 1 aromatic carbocycles. The standard InChI is InChI=1S/C19H17N3OS2/c23-9-8-15(16-7-4-10-24-16)22-18-14-11-17(13-5-2-1-3-6-13)25-19(14)21-12-20-18/h1-7,10-12,15,23H,8-9H2,(H,20,21,22). The third-order valence-corrected chi connectivity index (χ3v) is 6.08. The summed E-state index contributed by atoms with van der Waals surface area (Å²) in [6, 6.07) is 16.6. The first-order valence-corrected chi connectivity index (χ1v) is 9.75. The molecule has 0 aliphatic carbocycles. The molecule has 2 N–H and O–H groups in total. The number of nitrogens with zero attached hydrogens (tertiary/aromatic N) is 2. The van der Waals surface area contributed by atoms with Gasteiger partial charge in [0.25, 0.3) is 0 Å². The van der Waals surface area contributed by atoms with Gasteiger partial charge in [0, 0.05) is 16.4 Å². The van der Waals surface area contributed by atoms with Gasteiger partial charge in [-0.05, 0) is 29.5 Å². The van der Waals surface area contributed by atoms with Crippen LogP contribution in [0.4, 0.5) is 5.82 Å². The summed E-state index contributed by atoms with van der Waals surface area (Å²) in [7, 11) is 0. The predicted molar refractivity (Wildman–Crippen MR) is 105 cm³/mol. The number of aliphatic hydroxyl groups is 1. The maximum atomic E-state index is 9.41. The minimum atomic E-state index is 0.0446. The van der Waals surface area contributed by atoms with E-state index in [1.165, 1.54) is 15.3 Å². The molecule has 3 heterocycles. The number of fused-ring (bicyclic) bond motifs is 1. The number of nitrogens with one attached hydrogen (secondary N) is 1. The summed E-state index contributed by atoms with van der Waals surface area (Å²) < 4.78 is 0. The van der Waals surface area contributed by atoms with E-state index >= 15 is 0 Å². The molecule has 0 radical (unpaired) electrons. The van der Waals surface area contributed by atoms with Gasteiger partial charge in [-0.2, -0.15) is 0 Å². The first-order valence-electron chi connectivity index (χ1n) is 8.06. The fourth-order valence-electron chi connectivity index (χ4n) is 2.78. The molecule has 4 aromatic rings. The van der Waals surface area contributed by atoms with Crippen molar-refractivity contribution in [2.24, 2.45) is 0 Å². The van der Waals surface area contributed by atoms with Crippen LogP contribution >= 0.6 is 22.7 Å². The third-order valence-electron chi connectivity index (χ3n) is 4.00. The summed E-state index contributed by atoms with van der Waals surface area (Å²) in [5.74, 6) is 0.815. The van der Waals surface area contributed by atoms with E-state index in [-0.39, 0.29) is 12.6 Å². The molecule has 25 heavy (non-hydrogen) atoms. The van der Waals surface area contributed by atoms with Crippen molar-refractivity contribution in [1.29, 1.82) is 0 Å². The molecule has 0 aliphatic heterocycles. The van der Waals surface area contributed by atoms with Gasteiger partial charge in [0.1, 0.15) is 17.0 Å². The third kappa shape index (κ3) is 3.42. The zero-order valence-corrected chi connectivity index (χ0v) is 15.1. The van der Waals surface area contributed by atoms with Crippen molar-refractivity contribution in [3.05, 3.63) is 65.1 Å². The lowest BCUT2D eigenvalue weighted by Gasteiger charge is -2.17. The zero-order valence-electron chi connectivity index (χ0n) is 13.4. The number of aliphatic hydroxyl groups excluding tert-OH is 1. The van der Waals surface area contributed by atoms with Crippen molar-refractivity contribution < 1.29 is 5.11 Å². The molecule has 0 saturated carbocycles. The fraction of sp³-hybridized carbons (Fsp3) is 0.158. The minimum absolute atomic E-state index is 0.0446. The highest BCUT2D eigenvalue weighted by Gasteiger charge is 2.16. The maximum Gasteiger partial charge on any atom is 0.138 e. The summed E-state index contributed by atoms with van der Waals surface area (Å²) in [5, 5.41) is 16.0. The molecular weight excluding hydrogens is 350 g/mol. The molecule has 0 amide bonds. The largest absolute Gasteiger partial charge is 0.396 e. The number of rotatable bonds is 6. The lowest BCUT2D eigenvalue weighted by atomic mass is 10.1. The summed E-state index contributed by atoms with van der Waals surface area (Å²) in [6.45, 7) is 0.128. The summed E-state index contributed by atoms with van der Waals surface area (Å²) in [4.78, 5) is 12.2. The second-order valence-electron chi connectivity index (χ2n) is 5.64. The van der Waals surface area contributed by atoms with Crippen LogP contribution in [-0.4, -0.2) is 21.7 Å². The highest BCUT2D eigenvalue weighted by atomic mass is 32.1. The Morgan fingerprint density at radius 1 is 1.08 bits per heavy atom. The summed E-state index contributed by atoms with van der Waals surface area (Å²) >= 11 is 3.35. The fourth-order valence-corrected chi connectivity index (χ4v) is 4.60. The average Bonchev–Trinajstić information content (AvgIpc) is 3.32. The van der Waals surface area contributed by atoms with Crippen LogP contribution in [0, 0.1) is 0 Å². The Kier molecular flexibility index (Phi) is 4.74. The zero-order chi connectivity index (χ0) is 17.1. The monoisotopic (exact) mass is 367 g/mol. The molecule has 3 aromatic heterocycles. The Labute approximate surface area is 153 Å². The van der Waals surface area contributed by atoms with Gasteiger partial charge in [-0.1, -0.05) is 36.4 Å². The van der Waals surface area contributed by atoms with Crippen molar-refractivity contribution in [3.63, 3.8) is 0 Å². The topological polar surface area (TPSA) is 58.0 Å². The Hall–Kier alpha value is -2.28. The normalized spacial score (nSPS) is 12.4. The molecule has 1 unspecified atom stereocenters. The summed E-state index contributed by atoms with van der Waals surface area (Å²) in [6.07, 6.45) is 2.24. The molecule has 126 valence electrons. The van der Waals surface area contributed by atoms with Gasteiger partial charge in [0.15, 0.2) is 0 Å². The molecule has 6 heteroatoms. The van der Waals surface area contributed by atoms with Crippen LogP contribution in [0.2, 0.25) is 0 Å². The number of hydrogen-bond acceptors (Lipinski definition) is 6. The van der Waals surface area contributed by atoms with Gasteiger partial charge >= 0.3 is 0 Å². The Balaban J connectivity index is 1.71. The van der Waals surface area contributed by atoms with Crippen LogP contribution < -0.4 is 5.32 Å². The number of aromatic nitrogens is 2. The van der Waals surface area contributed by atoms with E-state index in [2.05, 4.69) is 44.9 Å². The van der Waals surface area contributed by atoms with Gasteiger partial charge < -0.3 is 10.4 Å². The van der Waals surface area contributed by atoms with E-state index in [4.69, 9.17) is 0 Å². The molecule has 0 bridgehead atoms. The van der Waals surface area contributed by atoms with E-state index in [0.29, 0.717) is 6.42 Å². The van der Waals surface area contributed by atoms with E-state index in [0.717, 1.165) is 16.0 Å².